The molecule has 0 bridgehead atoms. The molecule has 1 aromatic carbocycles. The number of piperidine rings is 1. The number of hydrogen-bond acceptors (Lipinski definition) is 4. The molecule has 2 unspecified atom stereocenters. The van der Waals surface area contributed by atoms with Crippen molar-refractivity contribution in [1.29, 1.82) is 0 Å². The van der Waals surface area contributed by atoms with Crippen LogP contribution >= 0.6 is 0 Å². The molecule has 0 N–H and O–H groups in total. The Kier molecular flexibility index (Phi) is 5.59. The summed E-state index contributed by atoms with van der Waals surface area (Å²) in [5.74, 6) is 1.75. The van der Waals surface area contributed by atoms with Crippen LogP contribution in [0, 0.1) is 0 Å². The number of rotatable bonds is 5. The van der Waals surface area contributed by atoms with Gasteiger partial charge < -0.3 is 14.2 Å². The molecule has 2 atom stereocenters. The molecule has 0 radical (unpaired) electrons. The maximum absolute atomic E-state index is 6.24. The van der Waals surface area contributed by atoms with Crippen LogP contribution in [0.15, 0.2) is 12.1 Å². The van der Waals surface area contributed by atoms with E-state index >= 15 is 0 Å². The molecule has 1 aromatic rings. The molecule has 140 valence electrons. The summed E-state index contributed by atoms with van der Waals surface area (Å²) < 4.78 is 17.7. The SMILES string of the molecule is CCCOc1cc2c(cc1OC)C1CCC(OC(C)(C)C)CN1CC2. The van der Waals surface area contributed by atoms with Gasteiger partial charge in [0.15, 0.2) is 11.5 Å². The second-order valence-electron chi connectivity index (χ2n) is 8.24. The molecule has 3 rings (SSSR count). The first-order chi connectivity index (χ1) is 11.9. The highest BCUT2D eigenvalue weighted by Crippen LogP contribution is 2.42. The first-order valence-electron chi connectivity index (χ1n) is 9.66. The quantitative estimate of drug-likeness (QED) is 0.792. The van der Waals surface area contributed by atoms with E-state index in [4.69, 9.17) is 14.2 Å². The van der Waals surface area contributed by atoms with Crippen LogP contribution in [-0.4, -0.2) is 43.4 Å². The van der Waals surface area contributed by atoms with Gasteiger partial charge in [0.1, 0.15) is 0 Å². The Bertz CT molecular complexity index is 594. The Labute approximate surface area is 152 Å². The van der Waals surface area contributed by atoms with E-state index in [0.717, 1.165) is 56.9 Å². The van der Waals surface area contributed by atoms with Crippen LogP contribution in [0.3, 0.4) is 0 Å². The molecule has 2 aliphatic heterocycles. The van der Waals surface area contributed by atoms with Crippen molar-refractivity contribution >= 4 is 0 Å². The van der Waals surface area contributed by atoms with Gasteiger partial charge in [0.25, 0.3) is 0 Å². The molecule has 2 heterocycles. The summed E-state index contributed by atoms with van der Waals surface area (Å²) in [6, 6.07) is 4.90. The summed E-state index contributed by atoms with van der Waals surface area (Å²) in [7, 11) is 1.73. The van der Waals surface area contributed by atoms with Gasteiger partial charge in [-0.2, -0.15) is 0 Å². The number of methoxy groups -OCH3 is 1. The highest BCUT2D eigenvalue weighted by Gasteiger charge is 2.35. The van der Waals surface area contributed by atoms with Crippen LogP contribution in [0.25, 0.3) is 0 Å². The van der Waals surface area contributed by atoms with Crippen molar-refractivity contribution in [3.63, 3.8) is 0 Å². The minimum Gasteiger partial charge on any atom is -0.493 e. The summed E-state index contributed by atoms with van der Waals surface area (Å²) in [4.78, 5) is 2.59. The normalized spacial score (nSPS) is 23.7. The third-order valence-electron chi connectivity index (χ3n) is 5.08. The van der Waals surface area contributed by atoms with Crippen molar-refractivity contribution in [3.8, 4) is 11.5 Å². The number of fused-ring (bicyclic) bond motifs is 3. The maximum atomic E-state index is 6.24. The zero-order valence-electron chi connectivity index (χ0n) is 16.4. The molecule has 4 heteroatoms. The van der Waals surface area contributed by atoms with E-state index in [0.29, 0.717) is 12.1 Å². The van der Waals surface area contributed by atoms with E-state index in [1.165, 1.54) is 11.1 Å². The molecule has 25 heavy (non-hydrogen) atoms. The first kappa shape index (κ1) is 18.5. The summed E-state index contributed by atoms with van der Waals surface area (Å²) in [5.41, 5.74) is 2.77. The van der Waals surface area contributed by atoms with Crippen LogP contribution < -0.4 is 9.47 Å². The minimum atomic E-state index is -0.0695. The molecule has 4 nitrogen and oxygen atoms in total. The molecule has 1 saturated heterocycles. The Balaban J connectivity index is 1.78. The first-order valence-corrected chi connectivity index (χ1v) is 9.66. The third kappa shape index (κ3) is 4.29. The van der Waals surface area contributed by atoms with Gasteiger partial charge in [0.05, 0.1) is 25.4 Å². The van der Waals surface area contributed by atoms with Crippen LogP contribution in [0.2, 0.25) is 0 Å². The standard InChI is InChI=1S/C21H33NO3/c1-6-11-24-20-12-15-9-10-22-14-16(25-21(2,3)4)7-8-18(22)17(15)13-19(20)23-5/h12-13,16,18H,6-11,14H2,1-5H3. The van der Waals surface area contributed by atoms with Crippen molar-refractivity contribution in [1.82, 2.24) is 4.90 Å². The summed E-state index contributed by atoms with van der Waals surface area (Å²) in [6.45, 7) is 11.4. The lowest BCUT2D eigenvalue weighted by Gasteiger charge is -2.44. The molecule has 2 aliphatic rings. The smallest absolute Gasteiger partial charge is 0.161 e. The Hall–Kier alpha value is -1.26. The molecule has 0 saturated carbocycles. The van der Waals surface area contributed by atoms with Crippen molar-refractivity contribution in [2.24, 2.45) is 0 Å². The van der Waals surface area contributed by atoms with Gasteiger partial charge in [-0.1, -0.05) is 6.92 Å². The van der Waals surface area contributed by atoms with Crippen LogP contribution in [0.4, 0.5) is 0 Å². The molecule has 0 aliphatic carbocycles. The molecule has 1 fully saturated rings. The molecular weight excluding hydrogens is 314 g/mol. The van der Waals surface area contributed by atoms with Crippen molar-refractivity contribution < 1.29 is 14.2 Å². The number of nitrogens with zero attached hydrogens (tertiary/aromatic N) is 1. The Morgan fingerprint density at radius 3 is 2.64 bits per heavy atom. The average molecular weight is 347 g/mol. The van der Waals surface area contributed by atoms with Gasteiger partial charge in [0.2, 0.25) is 0 Å². The topological polar surface area (TPSA) is 30.9 Å². The lowest BCUT2D eigenvalue weighted by atomic mass is 9.85. The molecular formula is C21H33NO3. The zero-order chi connectivity index (χ0) is 18.0. The second kappa shape index (κ2) is 7.55. The van der Waals surface area contributed by atoms with Crippen molar-refractivity contribution in [2.45, 2.75) is 71.1 Å². The predicted octanol–water partition coefficient (Wildman–Crippen LogP) is 4.36. The van der Waals surface area contributed by atoms with Crippen LogP contribution in [-0.2, 0) is 11.2 Å². The third-order valence-corrected chi connectivity index (χ3v) is 5.08. The Morgan fingerprint density at radius 2 is 1.96 bits per heavy atom. The van der Waals surface area contributed by atoms with Crippen LogP contribution in [0.5, 0.6) is 11.5 Å². The van der Waals surface area contributed by atoms with Gasteiger partial charge in [-0.05, 0) is 69.7 Å². The number of hydrogen-bond donors (Lipinski definition) is 0. The monoisotopic (exact) mass is 347 g/mol. The van der Waals surface area contributed by atoms with E-state index < -0.39 is 0 Å². The molecule has 0 aromatic heterocycles. The highest BCUT2D eigenvalue weighted by molar-refractivity contribution is 5.49. The number of benzene rings is 1. The van der Waals surface area contributed by atoms with Crippen LogP contribution in [0.1, 0.15) is 64.1 Å². The van der Waals surface area contributed by atoms with E-state index in [1.807, 2.05) is 0 Å². The number of ether oxygens (including phenoxy) is 3. The van der Waals surface area contributed by atoms with Gasteiger partial charge in [-0.3, -0.25) is 4.90 Å². The molecule has 0 spiro atoms. The van der Waals surface area contributed by atoms with Crippen molar-refractivity contribution in [2.75, 3.05) is 26.8 Å². The molecule has 0 amide bonds. The minimum absolute atomic E-state index is 0.0695. The average Bonchev–Trinajstić information content (AvgIpc) is 2.57. The highest BCUT2D eigenvalue weighted by atomic mass is 16.5. The van der Waals surface area contributed by atoms with E-state index in [2.05, 4.69) is 44.7 Å². The van der Waals surface area contributed by atoms with Gasteiger partial charge in [0, 0.05) is 19.1 Å². The second-order valence-corrected chi connectivity index (χ2v) is 8.24. The lowest BCUT2D eigenvalue weighted by molar-refractivity contribution is -0.0971. The fourth-order valence-corrected chi connectivity index (χ4v) is 4.09. The fourth-order valence-electron chi connectivity index (χ4n) is 4.09. The summed E-state index contributed by atoms with van der Waals surface area (Å²) in [6.07, 6.45) is 4.68. The lowest BCUT2D eigenvalue weighted by Crippen LogP contribution is -2.47. The van der Waals surface area contributed by atoms with E-state index in [-0.39, 0.29) is 5.60 Å². The Morgan fingerprint density at radius 1 is 1.16 bits per heavy atom. The fraction of sp³-hybridized carbons (Fsp3) is 0.714. The van der Waals surface area contributed by atoms with E-state index in [1.54, 1.807) is 7.11 Å². The van der Waals surface area contributed by atoms with Gasteiger partial charge >= 0.3 is 0 Å². The summed E-state index contributed by atoms with van der Waals surface area (Å²) >= 11 is 0. The largest absolute Gasteiger partial charge is 0.493 e. The zero-order valence-corrected chi connectivity index (χ0v) is 16.4. The predicted molar refractivity (Wildman–Crippen MR) is 101 cm³/mol. The van der Waals surface area contributed by atoms with Gasteiger partial charge in [-0.25, -0.2) is 0 Å². The van der Waals surface area contributed by atoms with Crippen molar-refractivity contribution in [3.05, 3.63) is 23.3 Å². The maximum Gasteiger partial charge on any atom is 0.161 e. The van der Waals surface area contributed by atoms with Gasteiger partial charge in [-0.15, -0.1) is 0 Å². The van der Waals surface area contributed by atoms with E-state index in [9.17, 15) is 0 Å². The summed E-state index contributed by atoms with van der Waals surface area (Å²) in [5, 5.41) is 0.